The number of hydrogen-bond acceptors (Lipinski definition) is 4. The van der Waals surface area contributed by atoms with Crippen LogP contribution < -0.4 is 0 Å². The van der Waals surface area contributed by atoms with Gasteiger partial charge in [-0.05, 0) is 56.8 Å². The fourth-order valence-electron chi connectivity index (χ4n) is 3.23. The molecule has 0 aliphatic rings. The normalized spacial score (nSPS) is 13.0. The molecule has 0 bridgehead atoms. The molecule has 0 N–H and O–H groups in total. The standard InChI is InChI=1S/C21H29Br2N5OSi/c1-5-17(6-7-19(22)23)28-13-16(12-26-28)20-18-8-9-27(21(18)25-14-24-20)15-29-10-11-30(2,3)4/h7-9,12-14,17H,5-6,10-11,15H2,1-4H3. The predicted molar refractivity (Wildman–Crippen MR) is 133 cm³/mol. The van der Waals surface area contributed by atoms with E-state index in [-0.39, 0.29) is 0 Å². The summed E-state index contributed by atoms with van der Waals surface area (Å²) in [4.78, 5) is 9.05. The highest BCUT2D eigenvalue weighted by Crippen LogP contribution is 2.28. The Labute approximate surface area is 196 Å². The fourth-order valence-corrected chi connectivity index (χ4v) is 4.36. The van der Waals surface area contributed by atoms with E-state index >= 15 is 0 Å². The molecule has 0 spiro atoms. The quantitative estimate of drug-likeness (QED) is 0.210. The summed E-state index contributed by atoms with van der Waals surface area (Å²) in [6.45, 7) is 10.6. The lowest BCUT2D eigenvalue weighted by Crippen LogP contribution is -2.22. The molecular formula is C21H29Br2N5OSi. The lowest BCUT2D eigenvalue weighted by Gasteiger charge is -2.15. The molecule has 0 saturated heterocycles. The van der Waals surface area contributed by atoms with Crippen LogP contribution in [0.2, 0.25) is 25.7 Å². The molecule has 1 atom stereocenters. The molecule has 1 unspecified atom stereocenters. The summed E-state index contributed by atoms with van der Waals surface area (Å²) in [5.41, 5.74) is 2.79. The zero-order valence-corrected chi connectivity index (χ0v) is 22.1. The van der Waals surface area contributed by atoms with E-state index in [1.54, 1.807) is 6.33 Å². The maximum Gasteiger partial charge on any atom is 0.145 e. The summed E-state index contributed by atoms with van der Waals surface area (Å²) >= 11 is 6.86. The Morgan fingerprint density at radius 3 is 2.77 bits per heavy atom. The molecule has 3 aromatic rings. The van der Waals surface area contributed by atoms with Gasteiger partial charge in [-0.3, -0.25) is 4.68 Å². The summed E-state index contributed by atoms with van der Waals surface area (Å²) in [5, 5.41) is 5.62. The van der Waals surface area contributed by atoms with Crippen LogP contribution in [0.5, 0.6) is 0 Å². The van der Waals surface area contributed by atoms with E-state index in [1.807, 2.05) is 21.6 Å². The number of nitrogens with zero attached hydrogens (tertiary/aromatic N) is 5. The monoisotopic (exact) mass is 553 g/mol. The van der Waals surface area contributed by atoms with Crippen molar-refractivity contribution >= 4 is 51.0 Å². The van der Waals surface area contributed by atoms with Crippen molar-refractivity contribution in [3.05, 3.63) is 40.5 Å². The van der Waals surface area contributed by atoms with Gasteiger partial charge in [-0.15, -0.1) is 0 Å². The Balaban J connectivity index is 1.78. The molecule has 162 valence electrons. The molecule has 3 aromatic heterocycles. The Kier molecular flexibility index (Phi) is 8.06. The minimum Gasteiger partial charge on any atom is -0.361 e. The van der Waals surface area contributed by atoms with Gasteiger partial charge >= 0.3 is 0 Å². The van der Waals surface area contributed by atoms with Crippen molar-refractivity contribution in [3.63, 3.8) is 0 Å². The summed E-state index contributed by atoms with van der Waals surface area (Å²) in [6.07, 6.45) is 11.6. The maximum atomic E-state index is 5.91. The van der Waals surface area contributed by atoms with Gasteiger partial charge in [-0.25, -0.2) is 9.97 Å². The SMILES string of the molecule is CCC(CC=C(Br)Br)n1cc(-c2ncnc3c2ccn3COCC[Si](C)(C)C)cn1. The topological polar surface area (TPSA) is 57.8 Å². The van der Waals surface area contributed by atoms with Gasteiger partial charge in [0.1, 0.15) is 18.7 Å². The Morgan fingerprint density at radius 1 is 1.27 bits per heavy atom. The van der Waals surface area contributed by atoms with Crippen LogP contribution in [0.15, 0.2) is 40.5 Å². The molecule has 3 heterocycles. The molecule has 0 saturated carbocycles. The van der Waals surface area contributed by atoms with Gasteiger partial charge in [0.25, 0.3) is 0 Å². The highest BCUT2D eigenvalue weighted by atomic mass is 79.9. The van der Waals surface area contributed by atoms with Crippen LogP contribution in [-0.4, -0.2) is 39.0 Å². The highest BCUT2D eigenvalue weighted by Gasteiger charge is 2.15. The first-order chi connectivity index (χ1) is 14.3. The number of hydrogen-bond donors (Lipinski definition) is 0. The van der Waals surface area contributed by atoms with Crippen molar-refractivity contribution in [2.24, 2.45) is 0 Å². The average molecular weight is 555 g/mol. The minimum atomic E-state index is -1.09. The fraction of sp³-hybridized carbons (Fsp3) is 0.476. The maximum absolute atomic E-state index is 5.91. The van der Waals surface area contributed by atoms with E-state index < -0.39 is 8.07 Å². The Hall–Kier alpha value is -1.29. The smallest absolute Gasteiger partial charge is 0.145 e. The largest absolute Gasteiger partial charge is 0.361 e. The van der Waals surface area contributed by atoms with Gasteiger partial charge in [0, 0.05) is 38.0 Å². The molecule has 30 heavy (non-hydrogen) atoms. The second kappa shape index (κ2) is 10.3. The number of rotatable bonds is 10. The van der Waals surface area contributed by atoms with Crippen molar-refractivity contribution in [1.29, 1.82) is 0 Å². The first-order valence-corrected chi connectivity index (χ1v) is 15.5. The minimum absolute atomic E-state index is 0.297. The zero-order valence-electron chi connectivity index (χ0n) is 18.0. The molecule has 0 aliphatic heterocycles. The van der Waals surface area contributed by atoms with E-state index in [0.717, 1.165) is 51.2 Å². The van der Waals surface area contributed by atoms with E-state index in [2.05, 4.69) is 91.8 Å². The number of ether oxygens (including phenoxy) is 1. The van der Waals surface area contributed by atoms with Crippen LogP contribution in [0.1, 0.15) is 25.8 Å². The first-order valence-electron chi connectivity index (χ1n) is 10.2. The molecular weight excluding hydrogens is 526 g/mol. The molecule has 9 heteroatoms. The van der Waals surface area contributed by atoms with Gasteiger partial charge in [0.2, 0.25) is 0 Å². The van der Waals surface area contributed by atoms with Crippen LogP contribution in [0.3, 0.4) is 0 Å². The lowest BCUT2D eigenvalue weighted by molar-refractivity contribution is 0.0899. The van der Waals surface area contributed by atoms with Crippen LogP contribution in [0.4, 0.5) is 0 Å². The Morgan fingerprint density at radius 2 is 2.07 bits per heavy atom. The molecule has 6 nitrogen and oxygen atoms in total. The van der Waals surface area contributed by atoms with E-state index in [4.69, 9.17) is 4.74 Å². The third-order valence-corrected chi connectivity index (χ3v) is 7.40. The van der Waals surface area contributed by atoms with Crippen LogP contribution >= 0.6 is 31.9 Å². The third kappa shape index (κ3) is 6.12. The number of halogens is 2. The summed E-state index contributed by atoms with van der Waals surface area (Å²) < 4.78 is 10.9. The second-order valence-electron chi connectivity index (χ2n) is 8.59. The van der Waals surface area contributed by atoms with E-state index in [0.29, 0.717) is 12.8 Å². The number of fused-ring (bicyclic) bond motifs is 1. The first kappa shape index (κ1) is 23.4. The van der Waals surface area contributed by atoms with Crippen LogP contribution in [0.25, 0.3) is 22.3 Å². The molecule has 3 rings (SSSR count). The number of aromatic nitrogens is 5. The summed E-state index contributed by atoms with van der Waals surface area (Å²) in [5.74, 6) is 0. The van der Waals surface area contributed by atoms with Gasteiger partial charge in [-0.1, -0.05) is 32.6 Å². The molecule has 0 radical (unpaired) electrons. The number of allylic oxidation sites excluding steroid dienone is 1. The second-order valence-corrected chi connectivity index (χ2v) is 17.0. The predicted octanol–water partition coefficient (Wildman–Crippen LogP) is 6.58. The summed E-state index contributed by atoms with van der Waals surface area (Å²) in [7, 11) is -1.09. The Bertz CT molecular complexity index is 1000. The molecule has 0 amide bonds. The molecule has 0 aliphatic carbocycles. The van der Waals surface area contributed by atoms with Gasteiger partial charge in [0.15, 0.2) is 0 Å². The summed E-state index contributed by atoms with van der Waals surface area (Å²) in [6, 6.07) is 3.52. The highest BCUT2D eigenvalue weighted by molar-refractivity contribution is 9.28. The lowest BCUT2D eigenvalue weighted by atomic mass is 10.1. The van der Waals surface area contributed by atoms with Crippen LogP contribution in [0, 0.1) is 0 Å². The van der Waals surface area contributed by atoms with Crippen molar-refractivity contribution in [2.75, 3.05) is 6.61 Å². The van der Waals surface area contributed by atoms with Crippen molar-refractivity contribution in [2.45, 2.75) is 58.2 Å². The third-order valence-electron chi connectivity index (χ3n) is 5.05. The van der Waals surface area contributed by atoms with Gasteiger partial charge in [0.05, 0.1) is 21.3 Å². The van der Waals surface area contributed by atoms with Crippen molar-refractivity contribution in [1.82, 2.24) is 24.3 Å². The molecule has 0 aromatic carbocycles. The molecule has 0 fully saturated rings. The van der Waals surface area contributed by atoms with E-state index in [9.17, 15) is 0 Å². The average Bonchev–Trinajstić information content (AvgIpc) is 3.32. The van der Waals surface area contributed by atoms with Gasteiger partial charge < -0.3 is 9.30 Å². The van der Waals surface area contributed by atoms with Gasteiger partial charge in [-0.2, -0.15) is 5.10 Å². The van der Waals surface area contributed by atoms with Crippen molar-refractivity contribution in [3.8, 4) is 11.3 Å². The van der Waals surface area contributed by atoms with Crippen LogP contribution in [-0.2, 0) is 11.5 Å². The van der Waals surface area contributed by atoms with Crippen molar-refractivity contribution < 1.29 is 4.74 Å². The zero-order chi connectivity index (χ0) is 21.7. The van der Waals surface area contributed by atoms with E-state index in [1.165, 1.54) is 0 Å².